The van der Waals surface area contributed by atoms with Crippen LogP contribution in [0.4, 0.5) is 5.82 Å². The number of rotatable bonds is 5. The molecule has 0 aliphatic rings. The van der Waals surface area contributed by atoms with Crippen molar-refractivity contribution in [2.75, 3.05) is 24.7 Å². The number of sulfonamides is 1. The van der Waals surface area contributed by atoms with Gasteiger partial charge in [0.1, 0.15) is 5.82 Å². The van der Waals surface area contributed by atoms with Crippen LogP contribution in [-0.4, -0.2) is 32.7 Å². The van der Waals surface area contributed by atoms with Crippen LogP contribution in [-0.2, 0) is 10.0 Å². The Morgan fingerprint density at radius 2 is 2.12 bits per heavy atom. The maximum absolute atomic E-state index is 10.8. The third kappa shape index (κ3) is 5.29. The van der Waals surface area contributed by atoms with Gasteiger partial charge in [-0.1, -0.05) is 0 Å². The Hall–Kier alpha value is -1.65. The lowest BCUT2D eigenvalue weighted by Gasteiger charge is -2.07. The number of pyridine rings is 1. The van der Waals surface area contributed by atoms with Crippen molar-refractivity contribution in [3.63, 3.8) is 0 Å². The summed E-state index contributed by atoms with van der Waals surface area (Å²) in [7, 11) is -3.16. The summed E-state index contributed by atoms with van der Waals surface area (Å²) in [5.41, 5.74) is 1.26. The molecule has 1 rings (SSSR count). The van der Waals surface area contributed by atoms with Crippen LogP contribution in [0.15, 0.2) is 12.1 Å². The van der Waals surface area contributed by atoms with E-state index < -0.39 is 10.0 Å². The van der Waals surface area contributed by atoms with Crippen molar-refractivity contribution in [1.82, 2.24) is 9.71 Å². The SMILES string of the molecule is Cc1cc(C#N)cc(NCCNS(C)(=O)=O)n1. The Labute approximate surface area is 101 Å². The highest BCUT2D eigenvalue weighted by molar-refractivity contribution is 7.88. The molecule has 0 bridgehead atoms. The molecule has 0 amide bonds. The zero-order valence-electron chi connectivity index (χ0n) is 9.69. The Morgan fingerprint density at radius 1 is 1.41 bits per heavy atom. The van der Waals surface area contributed by atoms with Crippen molar-refractivity contribution in [2.45, 2.75) is 6.92 Å². The van der Waals surface area contributed by atoms with E-state index in [0.29, 0.717) is 17.9 Å². The second-order valence-electron chi connectivity index (χ2n) is 3.59. The van der Waals surface area contributed by atoms with E-state index in [9.17, 15) is 8.42 Å². The van der Waals surface area contributed by atoms with Crippen LogP contribution in [0, 0.1) is 18.3 Å². The molecule has 0 saturated carbocycles. The first-order valence-electron chi connectivity index (χ1n) is 4.98. The molecule has 0 unspecified atom stereocenters. The lowest BCUT2D eigenvalue weighted by atomic mass is 10.2. The Kier molecular flexibility index (Phi) is 4.43. The molecule has 92 valence electrons. The van der Waals surface area contributed by atoms with E-state index in [1.54, 1.807) is 19.1 Å². The third-order valence-corrected chi connectivity index (χ3v) is 2.61. The fourth-order valence-electron chi connectivity index (χ4n) is 1.25. The number of aryl methyl sites for hydroxylation is 1. The van der Waals surface area contributed by atoms with Crippen molar-refractivity contribution >= 4 is 15.8 Å². The second kappa shape index (κ2) is 5.61. The summed E-state index contributed by atoms with van der Waals surface area (Å²) in [6, 6.07) is 5.33. The van der Waals surface area contributed by atoms with E-state index in [1.165, 1.54) is 0 Å². The molecule has 1 aromatic rings. The van der Waals surface area contributed by atoms with E-state index in [4.69, 9.17) is 5.26 Å². The molecule has 0 saturated heterocycles. The summed E-state index contributed by atoms with van der Waals surface area (Å²) in [4.78, 5) is 4.18. The molecule has 17 heavy (non-hydrogen) atoms. The first kappa shape index (κ1) is 13.4. The van der Waals surface area contributed by atoms with Gasteiger partial charge in [-0.25, -0.2) is 18.1 Å². The predicted molar refractivity (Wildman–Crippen MR) is 65.0 cm³/mol. The average Bonchev–Trinajstić information content (AvgIpc) is 2.22. The first-order valence-corrected chi connectivity index (χ1v) is 6.87. The average molecular weight is 254 g/mol. The van der Waals surface area contributed by atoms with Crippen LogP contribution in [0.3, 0.4) is 0 Å². The van der Waals surface area contributed by atoms with Gasteiger partial charge in [-0.3, -0.25) is 0 Å². The normalized spacial score (nSPS) is 10.9. The molecule has 0 aliphatic carbocycles. The highest BCUT2D eigenvalue weighted by atomic mass is 32.2. The maximum Gasteiger partial charge on any atom is 0.208 e. The van der Waals surface area contributed by atoms with Crippen molar-refractivity contribution in [2.24, 2.45) is 0 Å². The zero-order valence-corrected chi connectivity index (χ0v) is 10.5. The lowest BCUT2D eigenvalue weighted by Crippen LogP contribution is -2.27. The molecule has 2 N–H and O–H groups in total. The van der Waals surface area contributed by atoms with E-state index >= 15 is 0 Å². The molecule has 0 aromatic carbocycles. The molecule has 0 radical (unpaired) electrons. The first-order chi connectivity index (χ1) is 7.90. The van der Waals surface area contributed by atoms with Gasteiger partial charge < -0.3 is 5.32 Å². The fourth-order valence-corrected chi connectivity index (χ4v) is 1.72. The van der Waals surface area contributed by atoms with E-state index in [0.717, 1.165) is 11.9 Å². The molecule has 0 atom stereocenters. The zero-order chi connectivity index (χ0) is 12.9. The lowest BCUT2D eigenvalue weighted by molar-refractivity contribution is 0.589. The van der Waals surface area contributed by atoms with Gasteiger partial charge in [0.2, 0.25) is 10.0 Å². The Morgan fingerprint density at radius 3 is 2.71 bits per heavy atom. The number of nitrogens with zero attached hydrogens (tertiary/aromatic N) is 2. The smallest absolute Gasteiger partial charge is 0.208 e. The molecule has 1 heterocycles. The highest BCUT2D eigenvalue weighted by Crippen LogP contribution is 2.08. The van der Waals surface area contributed by atoms with E-state index in [-0.39, 0.29) is 6.54 Å². The summed E-state index contributed by atoms with van der Waals surface area (Å²) in [5.74, 6) is 0.567. The van der Waals surface area contributed by atoms with Gasteiger partial charge in [-0.15, -0.1) is 0 Å². The Bertz CT molecular complexity index is 534. The van der Waals surface area contributed by atoms with Gasteiger partial charge in [0, 0.05) is 18.8 Å². The summed E-state index contributed by atoms with van der Waals surface area (Å²) in [6.07, 6.45) is 1.10. The minimum absolute atomic E-state index is 0.274. The van der Waals surface area contributed by atoms with Gasteiger partial charge in [-0.05, 0) is 19.1 Å². The van der Waals surface area contributed by atoms with E-state index in [2.05, 4.69) is 15.0 Å². The summed E-state index contributed by atoms with van der Waals surface area (Å²) < 4.78 is 24.0. The van der Waals surface area contributed by atoms with Crippen molar-refractivity contribution in [3.05, 3.63) is 23.4 Å². The van der Waals surface area contributed by atoms with Crippen LogP contribution in [0.25, 0.3) is 0 Å². The van der Waals surface area contributed by atoms with Gasteiger partial charge in [0.05, 0.1) is 17.9 Å². The van der Waals surface area contributed by atoms with Crippen LogP contribution in [0.1, 0.15) is 11.3 Å². The summed E-state index contributed by atoms with van der Waals surface area (Å²) >= 11 is 0. The molecule has 0 aliphatic heterocycles. The molecule has 6 nitrogen and oxygen atoms in total. The van der Waals surface area contributed by atoms with Gasteiger partial charge in [0.15, 0.2) is 0 Å². The van der Waals surface area contributed by atoms with Crippen molar-refractivity contribution < 1.29 is 8.42 Å². The van der Waals surface area contributed by atoms with Crippen LogP contribution in [0.2, 0.25) is 0 Å². The van der Waals surface area contributed by atoms with Crippen molar-refractivity contribution in [1.29, 1.82) is 5.26 Å². The number of nitriles is 1. The van der Waals surface area contributed by atoms with Crippen molar-refractivity contribution in [3.8, 4) is 6.07 Å². The van der Waals surface area contributed by atoms with Gasteiger partial charge >= 0.3 is 0 Å². The monoisotopic (exact) mass is 254 g/mol. The minimum atomic E-state index is -3.16. The number of hydrogen-bond donors (Lipinski definition) is 2. The van der Waals surface area contributed by atoms with Crippen LogP contribution < -0.4 is 10.0 Å². The molecular formula is C10H14N4O2S. The van der Waals surface area contributed by atoms with Crippen LogP contribution >= 0.6 is 0 Å². The molecule has 1 aromatic heterocycles. The Balaban J connectivity index is 2.53. The van der Waals surface area contributed by atoms with Gasteiger partial charge in [-0.2, -0.15) is 5.26 Å². The quantitative estimate of drug-likeness (QED) is 0.733. The number of hydrogen-bond acceptors (Lipinski definition) is 5. The maximum atomic E-state index is 10.8. The minimum Gasteiger partial charge on any atom is -0.369 e. The number of nitrogens with one attached hydrogen (secondary N) is 2. The predicted octanol–water partition coefficient (Wildman–Crippen LogP) is 0.223. The molecular weight excluding hydrogens is 240 g/mol. The molecule has 0 fully saturated rings. The number of anilines is 1. The topological polar surface area (TPSA) is 94.9 Å². The largest absolute Gasteiger partial charge is 0.369 e. The van der Waals surface area contributed by atoms with E-state index in [1.807, 2.05) is 6.07 Å². The summed E-state index contributed by atoms with van der Waals surface area (Å²) in [6.45, 7) is 2.48. The molecule has 7 heteroatoms. The van der Waals surface area contributed by atoms with Crippen LogP contribution in [0.5, 0.6) is 0 Å². The summed E-state index contributed by atoms with van der Waals surface area (Å²) in [5, 5.41) is 11.7. The standard InChI is InChI=1S/C10H14N4O2S/c1-8-5-9(7-11)6-10(14-8)12-3-4-13-17(2,15)16/h5-6,13H,3-4H2,1-2H3,(H,12,14). The molecule has 0 spiro atoms. The highest BCUT2D eigenvalue weighted by Gasteiger charge is 2.01. The number of aromatic nitrogens is 1. The fraction of sp³-hybridized carbons (Fsp3) is 0.400. The second-order valence-corrected chi connectivity index (χ2v) is 5.42. The third-order valence-electron chi connectivity index (χ3n) is 1.88. The van der Waals surface area contributed by atoms with Gasteiger partial charge in [0.25, 0.3) is 0 Å².